The van der Waals surface area contributed by atoms with Crippen molar-refractivity contribution in [1.29, 1.82) is 0 Å². The molecule has 2 aromatic carbocycles. The van der Waals surface area contributed by atoms with Crippen LogP contribution in [0, 0.1) is 11.8 Å². The fourth-order valence-electron chi connectivity index (χ4n) is 16.3. The predicted molar refractivity (Wildman–Crippen MR) is 258 cm³/mol. The van der Waals surface area contributed by atoms with Gasteiger partial charge in [0.25, 0.3) is 0 Å². The van der Waals surface area contributed by atoms with Gasteiger partial charge in [-0.1, -0.05) is 13.8 Å². The highest BCUT2D eigenvalue weighted by atomic mass is 16.7. The van der Waals surface area contributed by atoms with E-state index in [-0.39, 0.29) is 48.0 Å². The van der Waals surface area contributed by atoms with Crippen LogP contribution in [0.2, 0.25) is 0 Å². The largest absolute Gasteiger partial charge is 0.507 e. The Kier molecular flexibility index (Phi) is 10.4. The summed E-state index contributed by atoms with van der Waals surface area (Å²) in [5, 5.41) is 103. The van der Waals surface area contributed by atoms with E-state index in [1.165, 1.54) is 0 Å². The summed E-state index contributed by atoms with van der Waals surface area (Å²) < 4.78 is 42.7. The van der Waals surface area contributed by atoms with Gasteiger partial charge in [0.1, 0.15) is 46.4 Å². The predicted octanol–water partition coefficient (Wildman–Crippen LogP) is 2.36. The lowest BCUT2D eigenvalue weighted by molar-refractivity contribution is -0.619. The van der Waals surface area contributed by atoms with E-state index in [1.807, 2.05) is 0 Å². The molecule has 12 aliphatic rings. The molecule has 4 fully saturated rings. The molecule has 0 amide bonds. The van der Waals surface area contributed by atoms with E-state index in [1.54, 1.807) is 65.7 Å². The minimum absolute atomic E-state index is 0.160. The van der Waals surface area contributed by atoms with E-state index < -0.39 is 199 Å². The molecule has 2 aromatic rings. The number of ether oxygens (including phenoxy) is 6. The molecule has 0 saturated carbocycles. The zero-order chi connectivity index (χ0) is 54.3. The van der Waals surface area contributed by atoms with Crippen molar-refractivity contribution in [1.82, 2.24) is 9.80 Å². The van der Waals surface area contributed by atoms with Crippen LogP contribution in [-0.4, -0.2) is 191 Å². The Morgan fingerprint density at radius 2 is 0.921 bits per heavy atom. The van der Waals surface area contributed by atoms with Crippen molar-refractivity contribution in [3.8, 4) is 23.0 Å². The molecule has 0 aromatic heterocycles. The average molecular weight is 1050 g/mol. The summed E-state index contributed by atoms with van der Waals surface area (Å²) in [4.78, 5) is 59.3. The molecule has 6 heterocycles. The third-order valence-corrected chi connectivity index (χ3v) is 18.8. The molecule has 10 bridgehead atoms. The maximum atomic E-state index is 14.3. The fraction of sp³-hybridized carbons (Fsp3) is 0.556. The lowest BCUT2D eigenvalue weighted by Crippen LogP contribution is -2.65. The van der Waals surface area contributed by atoms with Crippen molar-refractivity contribution in [3.63, 3.8) is 0 Å². The number of rotatable bonds is 8. The monoisotopic (exact) mass is 1050 g/mol. The molecule has 402 valence electrons. The second-order valence-corrected chi connectivity index (χ2v) is 22.7. The number of likely N-dealkylation sites (N-methyl/N-ethyl adjacent to an activating group) is 2. The lowest BCUT2D eigenvalue weighted by atomic mass is 9.57. The molecule has 18 atom stereocenters. The van der Waals surface area contributed by atoms with Crippen molar-refractivity contribution in [3.05, 3.63) is 85.5 Å². The van der Waals surface area contributed by atoms with Crippen LogP contribution in [0.4, 0.5) is 0 Å². The van der Waals surface area contributed by atoms with Gasteiger partial charge in [-0.2, -0.15) is 0 Å². The van der Waals surface area contributed by atoms with Crippen molar-refractivity contribution < 1.29 is 93.1 Å². The smallest absolute Gasteiger partial charge is 0.200 e. The number of hydrogen-bond donors (Lipinski definition) is 8. The number of nitrogens with zero attached hydrogens (tertiary/aromatic N) is 4. The molecule has 4 saturated heterocycles. The summed E-state index contributed by atoms with van der Waals surface area (Å²) in [5.74, 6) is -16.0. The van der Waals surface area contributed by atoms with Gasteiger partial charge in [0.05, 0.1) is 81.7 Å². The molecule has 22 nitrogen and oxygen atoms in total. The SMILES string of the molecule is CC[C@]12O[C@@]3(O)C4=C5C(c6c(O)c7c(c(O)c64)C(=O)C=CC7=O)[N+](=[N-])C4C(=C(c6c(O)c7c(c(O)c64)C(=O)C=CC7=O)[C@]4(O)O[C@@](CC)(C3C41)[C@@H]5O[C@H]1C[C@@H](O)[C@H](N(C)C)[C@@H](C)O1)[C@H]2O[C@@H]1C[C@H](O)[C@@H](N(C)C)[C@H](C)O1. The summed E-state index contributed by atoms with van der Waals surface area (Å²) in [7, 11) is 7.10. The van der Waals surface area contributed by atoms with Crippen LogP contribution in [0.5, 0.6) is 23.0 Å². The molecule has 0 spiro atoms. The Labute approximate surface area is 434 Å². The van der Waals surface area contributed by atoms with Crippen LogP contribution in [-0.2, 0) is 28.4 Å². The molecule has 4 unspecified atom stereocenters. The molecule has 6 aliphatic carbocycles. The molecular formula is C54H58N4O18. The minimum Gasteiger partial charge on any atom is -0.507 e. The first-order chi connectivity index (χ1) is 35.9. The van der Waals surface area contributed by atoms with E-state index >= 15 is 0 Å². The summed E-state index contributed by atoms with van der Waals surface area (Å²) >= 11 is 0. The van der Waals surface area contributed by atoms with Crippen LogP contribution < -0.4 is 0 Å². The highest BCUT2D eigenvalue weighted by Gasteiger charge is 2.89. The Morgan fingerprint density at radius 1 is 0.592 bits per heavy atom. The van der Waals surface area contributed by atoms with Crippen LogP contribution in [0.3, 0.4) is 0 Å². The van der Waals surface area contributed by atoms with Crippen LogP contribution in [0.25, 0.3) is 16.7 Å². The normalized spacial score (nSPS) is 41.9. The first kappa shape index (κ1) is 49.9. The number of ketones is 4. The van der Waals surface area contributed by atoms with Crippen LogP contribution in [0.1, 0.15) is 129 Å². The molecule has 76 heavy (non-hydrogen) atoms. The summed E-state index contributed by atoms with van der Waals surface area (Å²) in [5.41, 5.74) is 4.35. The van der Waals surface area contributed by atoms with Gasteiger partial charge in [0.2, 0.25) is 11.6 Å². The minimum atomic E-state index is -2.81. The van der Waals surface area contributed by atoms with Gasteiger partial charge >= 0.3 is 0 Å². The van der Waals surface area contributed by atoms with E-state index in [0.717, 1.165) is 24.3 Å². The summed E-state index contributed by atoms with van der Waals surface area (Å²) in [6.45, 7) is 6.83. The first-order valence-corrected chi connectivity index (χ1v) is 25.8. The highest BCUT2D eigenvalue weighted by Crippen LogP contribution is 2.80. The van der Waals surface area contributed by atoms with Crippen molar-refractivity contribution >= 4 is 34.3 Å². The highest BCUT2D eigenvalue weighted by molar-refractivity contribution is 6.26. The lowest BCUT2D eigenvalue weighted by Gasteiger charge is -2.54. The standard InChI is InChI=1S/C54H58N4O18/c1-9-51-47-48-52(10-2)50(74-26-16-24(64)40(57(7)8)18(4)72-26)36-38(54(48,70)75-51)32-34(46(68)30-22(62)14-12-20(60)28(30)44(32)66)42(36)58(55)41-33-31(43(65)27-19(59)11-13-21(61)29(27)45(33)67)37(53(47,69)76-52)35(41)49(51)73-25-15-23(63)39(56(5)6)17(3)71-25/h11-14,17-18,23-26,39-42,47-50,63-70H,9-10,15-16H2,1-8H3/t17-,18+,23-,24+,25+,26-,39-,40+,41?,42?,47?,48?,49-,50-,51+,52+,53+,54+/m1/s1. The quantitative estimate of drug-likeness (QED) is 0.139. The number of aromatic hydroxyl groups is 4. The van der Waals surface area contributed by atoms with Gasteiger partial charge in [-0.15, -0.1) is 0 Å². The summed E-state index contributed by atoms with van der Waals surface area (Å²) in [6.07, 6.45) is -6.51. The number of fused-ring (bicyclic) bond motifs is 4. The number of hydrogen-bond acceptors (Lipinski definition) is 20. The first-order valence-electron chi connectivity index (χ1n) is 25.8. The molecule has 8 N–H and O–H groups in total. The second-order valence-electron chi connectivity index (χ2n) is 22.7. The van der Waals surface area contributed by atoms with Gasteiger partial charge in [-0.05, 0) is 79.2 Å². The maximum Gasteiger partial charge on any atom is 0.200 e. The van der Waals surface area contributed by atoms with Gasteiger partial charge < -0.3 is 89.3 Å². The van der Waals surface area contributed by atoms with Gasteiger partial charge in [0.15, 0.2) is 47.8 Å². The topological polar surface area (TPSA) is 317 Å². The number of benzene rings is 2. The van der Waals surface area contributed by atoms with Crippen molar-refractivity contribution in [2.45, 2.75) is 150 Å². The molecule has 6 aliphatic heterocycles. The third kappa shape index (κ3) is 5.66. The number of aliphatic hydroxyl groups is 4. The average Bonchev–Trinajstić information content (AvgIpc) is 2.59. The zero-order valence-corrected chi connectivity index (χ0v) is 42.7. The number of aliphatic hydroxyl groups excluding tert-OH is 2. The Balaban J connectivity index is 1.16. The van der Waals surface area contributed by atoms with E-state index in [0.29, 0.717) is 4.70 Å². The van der Waals surface area contributed by atoms with E-state index in [4.69, 9.17) is 28.4 Å². The number of allylic oxidation sites excluding steroid dienone is 4. The third-order valence-electron chi connectivity index (χ3n) is 18.8. The number of phenols is 4. The fourth-order valence-corrected chi connectivity index (χ4v) is 16.3. The van der Waals surface area contributed by atoms with E-state index in [2.05, 4.69) is 0 Å². The van der Waals surface area contributed by atoms with Gasteiger partial charge in [-0.3, -0.25) is 19.2 Å². The molecular weight excluding hydrogens is 993 g/mol. The van der Waals surface area contributed by atoms with Gasteiger partial charge in [0, 0.05) is 46.3 Å². The molecule has 22 heteroatoms. The van der Waals surface area contributed by atoms with E-state index in [9.17, 15) is 65.6 Å². The molecule has 14 rings (SSSR count). The van der Waals surface area contributed by atoms with Crippen molar-refractivity contribution in [2.75, 3.05) is 28.2 Å². The second kappa shape index (κ2) is 15.8. The Morgan fingerprint density at radius 3 is 1.22 bits per heavy atom. The number of carbonyl (C=O) groups is 4. The number of carbonyl (C=O) groups excluding carboxylic acids is 4. The van der Waals surface area contributed by atoms with Crippen molar-refractivity contribution in [2.24, 2.45) is 11.8 Å². The Bertz CT molecular complexity index is 3020. The number of phenolic OH excluding ortho intramolecular Hbond substituents is 4. The van der Waals surface area contributed by atoms with Gasteiger partial charge in [-0.25, -0.2) is 0 Å². The zero-order valence-electron chi connectivity index (χ0n) is 42.7. The summed E-state index contributed by atoms with van der Waals surface area (Å²) in [6, 6.07) is -4.95. The van der Waals surface area contributed by atoms with Crippen LogP contribution in [0.15, 0.2) is 35.5 Å². The maximum absolute atomic E-state index is 14.3. The molecule has 0 radical (unpaired) electrons. The Hall–Kier alpha value is -5.60. The van der Waals surface area contributed by atoms with Crippen LogP contribution >= 0.6 is 0 Å².